The van der Waals surface area contributed by atoms with Crippen molar-refractivity contribution in [1.29, 1.82) is 0 Å². The molecule has 0 saturated carbocycles. The summed E-state index contributed by atoms with van der Waals surface area (Å²) in [7, 11) is 1.74. The Kier molecular flexibility index (Phi) is 3.30. The number of nitrogens with zero attached hydrogens (tertiary/aromatic N) is 3. The Hall–Kier alpha value is -0.870. The Balaban J connectivity index is 2.24. The van der Waals surface area contributed by atoms with Crippen LogP contribution in [-0.4, -0.2) is 36.3 Å². The van der Waals surface area contributed by atoms with E-state index in [1.165, 1.54) is 0 Å². The molecule has 0 aliphatic carbocycles. The molecule has 1 aliphatic rings. The maximum atomic E-state index is 6.12. The Morgan fingerprint density at radius 3 is 2.62 bits per heavy atom. The van der Waals surface area contributed by atoms with E-state index in [0.717, 1.165) is 36.7 Å². The summed E-state index contributed by atoms with van der Waals surface area (Å²) in [5.41, 5.74) is 1.82. The van der Waals surface area contributed by atoms with Gasteiger partial charge in [0.25, 0.3) is 0 Å². The molecule has 0 N–H and O–H groups in total. The van der Waals surface area contributed by atoms with Crippen molar-refractivity contribution in [2.24, 2.45) is 0 Å². The van der Waals surface area contributed by atoms with Gasteiger partial charge in [0.05, 0.1) is 17.5 Å². The van der Waals surface area contributed by atoms with Gasteiger partial charge in [-0.25, -0.2) is 9.97 Å². The van der Waals surface area contributed by atoms with Gasteiger partial charge in [-0.1, -0.05) is 11.6 Å². The minimum absolute atomic E-state index is 0.277. The summed E-state index contributed by atoms with van der Waals surface area (Å²) in [6, 6.07) is 0. The van der Waals surface area contributed by atoms with Crippen molar-refractivity contribution in [3.63, 3.8) is 0 Å². The fourth-order valence-corrected chi connectivity index (χ4v) is 2.17. The average Bonchev–Trinajstić information content (AvgIpc) is 2.71. The van der Waals surface area contributed by atoms with E-state index >= 15 is 0 Å². The van der Waals surface area contributed by atoms with Gasteiger partial charge in [-0.3, -0.25) is 0 Å². The van der Waals surface area contributed by atoms with Crippen LogP contribution in [0.3, 0.4) is 0 Å². The number of anilines is 1. The maximum absolute atomic E-state index is 6.12. The normalized spacial score (nSPS) is 20.5. The number of aromatic nitrogens is 2. The van der Waals surface area contributed by atoms with Crippen LogP contribution in [0.2, 0.25) is 5.15 Å². The number of aryl methyl sites for hydroxylation is 2. The molecule has 0 bridgehead atoms. The molecule has 0 spiro atoms. The molecule has 2 heterocycles. The van der Waals surface area contributed by atoms with Gasteiger partial charge in [-0.2, -0.15) is 0 Å². The van der Waals surface area contributed by atoms with Gasteiger partial charge in [0.1, 0.15) is 0 Å². The fraction of sp³-hybridized carbons (Fsp3) is 0.636. The molecule has 5 heteroatoms. The summed E-state index contributed by atoms with van der Waals surface area (Å²) in [5, 5.41) is 0.486. The molecule has 1 unspecified atom stereocenters. The van der Waals surface area contributed by atoms with Gasteiger partial charge in [-0.15, -0.1) is 0 Å². The second-order valence-electron chi connectivity index (χ2n) is 4.10. The Labute approximate surface area is 101 Å². The highest BCUT2D eigenvalue weighted by molar-refractivity contribution is 6.31. The van der Waals surface area contributed by atoms with E-state index in [1.54, 1.807) is 7.11 Å². The van der Waals surface area contributed by atoms with Gasteiger partial charge < -0.3 is 9.64 Å². The lowest BCUT2D eigenvalue weighted by Gasteiger charge is -2.18. The molecular formula is C11H16ClN3O. The molecule has 16 heavy (non-hydrogen) atoms. The zero-order valence-electron chi connectivity index (χ0n) is 9.83. The second-order valence-corrected chi connectivity index (χ2v) is 4.46. The SMILES string of the molecule is COC1CCN(c2nc(C)c(C)nc2Cl)C1. The first-order valence-electron chi connectivity index (χ1n) is 5.40. The first-order valence-corrected chi connectivity index (χ1v) is 5.78. The van der Waals surface area contributed by atoms with Crippen LogP contribution in [0.15, 0.2) is 0 Å². The van der Waals surface area contributed by atoms with Crippen molar-refractivity contribution in [3.05, 3.63) is 16.5 Å². The van der Waals surface area contributed by atoms with E-state index in [4.69, 9.17) is 16.3 Å². The molecule has 0 aromatic carbocycles. The molecule has 1 aliphatic heterocycles. The largest absolute Gasteiger partial charge is 0.380 e. The third-order valence-corrected chi connectivity index (χ3v) is 3.28. The molecular weight excluding hydrogens is 226 g/mol. The molecule has 4 nitrogen and oxygen atoms in total. The number of ether oxygens (including phenoxy) is 1. The van der Waals surface area contributed by atoms with Crippen molar-refractivity contribution >= 4 is 17.4 Å². The summed E-state index contributed by atoms with van der Waals surface area (Å²) in [6.07, 6.45) is 1.29. The average molecular weight is 242 g/mol. The Bertz CT molecular complexity index is 397. The third kappa shape index (κ3) is 2.13. The van der Waals surface area contributed by atoms with E-state index < -0.39 is 0 Å². The summed E-state index contributed by atoms with van der Waals surface area (Å²) in [4.78, 5) is 10.9. The molecule has 0 radical (unpaired) electrons. The number of methoxy groups -OCH3 is 1. The summed E-state index contributed by atoms with van der Waals surface area (Å²) in [6.45, 7) is 5.63. The van der Waals surface area contributed by atoms with Gasteiger partial charge in [0.2, 0.25) is 0 Å². The summed E-state index contributed by atoms with van der Waals surface area (Å²) in [5.74, 6) is 0.782. The quantitative estimate of drug-likeness (QED) is 0.794. The van der Waals surface area contributed by atoms with Gasteiger partial charge in [0.15, 0.2) is 11.0 Å². The molecule has 1 fully saturated rings. The first-order chi connectivity index (χ1) is 7.61. The van der Waals surface area contributed by atoms with Crippen molar-refractivity contribution in [3.8, 4) is 0 Å². The number of hydrogen-bond acceptors (Lipinski definition) is 4. The van der Waals surface area contributed by atoms with Crippen molar-refractivity contribution in [2.75, 3.05) is 25.1 Å². The lowest BCUT2D eigenvalue weighted by atomic mass is 10.3. The van der Waals surface area contributed by atoms with Crippen LogP contribution in [0.4, 0.5) is 5.82 Å². The number of halogens is 1. The topological polar surface area (TPSA) is 38.2 Å². The minimum atomic E-state index is 0.277. The Morgan fingerprint density at radius 1 is 1.31 bits per heavy atom. The third-order valence-electron chi connectivity index (χ3n) is 3.03. The van der Waals surface area contributed by atoms with E-state index in [-0.39, 0.29) is 6.10 Å². The van der Waals surface area contributed by atoms with Crippen LogP contribution in [-0.2, 0) is 4.74 Å². The van der Waals surface area contributed by atoms with E-state index in [1.807, 2.05) is 13.8 Å². The minimum Gasteiger partial charge on any atom is -0.380 e. The molecule has 1 saturated heterocycles. The molecule has 2 rings (SSSR count). The van der Waals surface area contributed by atoms with Crippen molar-refractivity contribution < 1.29 is 4.74 Å². The molecule has 88 valence electrons. The smallest absolute Gasteiger partial charge is 0.171 e. The highest BCUT2D eigenvalue weighted by atomic mass is 35.5. The predicted molar refractivity (Wildman–Crippen MR) is 64.1 cm³/mol. The second kappa shape index (κ2) is 4.55. The van der Waals surface area contributed by atoms with Crippen molar-refractivity contribution in [2.45, 2.75) is 26.4 Å². The first kappa shape index (κ1) is 11.6. The van der Waals surface area contributed by atoms with Gasteiger partial charge in [0, 0.05) is 20.2 Å². The van der Waals surface area contributed by atoms with E-state index in [0.29, 0.717) is 5.15 Å². The lowest BCUT2D eigenvalue weighted by Crippen LogP contribution is -2.24. The standard InChI is InChI=1S/C11H16ClN3O/c1-7-8(2)14-11(10(12)13-7)15-5-4-9(6-15)16-3/h9H,4-6H2,1-3H3. The zero-order valence-corrected chi connectivity index (χ0v) is 10.6. The molecule has 1 aromatic rings. The lowest BCUT2D eigenvalue weighted by molar-refractivity contribution is 0.121. The number of hydrogen-bond donors (Lipinski definition) is 0. The van der Waals surface area contributed by atoms with Crippen LogP contribution in [0, 0.1) is 13.8 Å². The highest BCUT2D eigenvalue weighted by Gasteiger charge is 2.25. The van der Waals surface area contributed by atoms with Crippen LogP contribution >= 0.6 is 11.6 Å². The predicted octanol–water partition coefficient (Wildman–Crippen LogP) is 1.97. The summed E-state index contributed by atoms with van der Waals surface area (Å²) >= 11 is 6.12. The summed E-state index contributed by atoms with van der Waals surface area (Å²) < 4.78 is 5.32. The zero-order chi connectivity index (χ0) is 11.7. The van der Waals surface area contributed by atoms with Crippen LogP contribution in [0.25, 0.3) is 0 Å². The fourth-order valence-electron chi connectivity index (χ4n) is 1.88. The van der Waals surface area contributed by atoms with Gasteiger partial charge in [-0.05, 0) is 20.3 Å². The van der Waals surface area contributed by atoms with Crippen LogP contribution in [0.5, 0.6) is 0 Å². The van der Waals surface area contributed by atoms with Crippen LogP contribution < -0.4 is 4.90 Å². The van der Waals surface area contributed by atoms with Gasteiger partial charge >= 0.3 is 0 Å². The highest BCUT2D eigenvalue weighted by Crippen LogP contribution is 2.26. The molecule has 1 atom stereocenters. The molecule has 0 amide bonds. The van der Waals surface area contributed by atoms with Crippen molar-refractivity contribution in [1.82, 2.24) is 9.97 Å². The van der Waals surface area contributed by atoms with E-state index in [2.05, 4.69) is 14.9 Å². The Morgan fingerprint density at radius 2 is 2.00 bits per heavy atom. The monoisotopic (exact) mass is 241 g/mol. The van der Waals surface area contributed by atoms with E-state index in [9.17, 15) is 0 Å². The molecule has 1 aromatic heterocycles. The number of rotatable bonds is 2. The maximum Gasteiger partial charge on any atom is 0.171 e. The van der Waals surface area contributed by atoms with Crippen LogP contribution in [0.1, 0.15) is 17.8 Å².